The molecule has 1 rings (SSSR count). The number of nitrogens with zero attached hydrogens (tertiary/aromatic N) is 2. The minimum absolute atomic E-state index is 0.380. The van der Waals surface area contributed by atoms with Gasteiger partial charge < -0.3 is 9.47 Å². The van der Waals surface area contributed by atoms with Crippen LogP contribution in [0.3, 0.4) is 0 Å². The number of urea groups is 1. The lowest BCUT2D eigenvalue weighted by Crippen LogP contribution is -2.54. The first kappa shape index (κ1) is 22.5. The zero-order chi connectivity index (χ0) is 20.2. The molecule has 0 saturated carbocycles. The lowest BCUT2D eigenvalue weighted by Gasteiger charge is -2.36. The lowest BCUT2D eigenvalue weighted by atomic mass is 10.2. The molecular weight excluding hydrogens is 348 g/mol. The van der Waals surface area contributed by atoms with Crippen molar-refractivity contribution in [3.8, 4) is 0 Å². The molecule has 0 aliphatic rings. The van der Waals surface area contributed by atoms with Gasteiger partial charge in [-0.1, -0.05) is 30.3 Å². The van der Waals surface area contributed by atoms with Crippen LogP contribution in [0.15, 0.2) is 36.4 Å². The van der Waals surface area contributed by atoms with Crippen LogP contribution in [0.5, 0.6) is 0 Å². The van der Waals surface area contributed by atoms with E-state index in [9.17, 15) is 14.4 Å². The quantitative estimate of drug-likeness (QED) is 0.464. The summed E-state index contributed by atoms with van der Waals surface area (Å²) in [5.74, 6) is -0.621. The van der Waals surface area contributed by atoms with Gasteiger partial charge in [0.2, 0.25) is 6.29 Å². The third kappa shape index (κ3) is 6.96. The molecule has 27 heavy (non-hydrogen) atoms. The van der Waals surface area contributed by atoms with Crippen molar-refractivity contribution in [1.29, 1.82) is 0 Å². The first-order chi connectivity index (χ1) is 13.0. The smallest absolute Gasteiger partial charge is 0.331 e. The van der Waals surface area contributed by atoms with E-state index >= 15 is 0 Å². The summed E-state index contributed by atoms with van der Waals surface area (Å²) in [6, 6.07) is 8.50. The fourth-order valence-electron chi connectivity index (χ4n) is 2.52. The summed E-state index contributed by atoms with van der Waals surface area (Å²) in [4.78, 5) is 38.6. The maximum Gasteiger partial charge on any atom is 0.331 e. The highest BCUT2D eigenvalue weighted by Gasteiger charge is 2.32. The molecule has 0 bridgehead atoms. The Bertz CT molecular complexity index is 621. The van der Waals surface area contributed by atoms with Crippen LogP contribution in [-0.4, -0.2) is 60.2 Å². The second-order valence-electron chi connectivity index (χ2n) is 5.61. The SMILES string of the molecule is CCOC(C)N(C(=O)N(C[C]=O)C(=O)/C=C/c1ccccc1)C(C)OCC. The molecule has 1 aromatic carbocycles. The van der Waals surface area contributed by atoms with Gasteiger partial charge in [-0.05, 0) is 39.3 Å². The van der Waals surface area contributed by atoms with Crippen LogP contribution >= 0.6 is 0 Å². The van der Waals surface area contributed by atoms with E-state index < -0.39 is 30.9 Å². The van der Waals surface area contributed by atoms with Crippen molar-refractivity contribution < 1.29 is 23.9 Å². The van der Waals surface area contributed by atoms with Crippen LogP contribution in [0.4, 0.5) is 4.79 Å². The van der Waals surface area contributed by atoms with Crippen molar-refractivity contribution in [2.75, 3.05) is 19.8 Å². The Morgan fingerprint density at radius 3 is 2.11 bits per heavy atom. The highest BCUT2D eigenvalue weighted by atomic mass is 16.5. The number of imide groups is 1. The average molecular weight is 375 g/mol. The summed E-state index contributed by atoms with van der Waals surface area (Å²) >= 11 is 0. The second kappa shape index (κ2) is 12.0. The highest BCUT2D eigenvalue weighted by Crippen LogP contribution is 2.13. The minimum atomic E-state index is -0.678. The van der Waals surface area contributed by atoms with Crippen molar-refractivity contribution in [3.05, 3.63) is 42.0 Å². The molecule has 0 aliphatic heterocycles. The maximum absolute atomic E-state index is 13.0. The van der Waals surface area contributed by atoms with Gasteiger partial charge in [0.25, 0.3) is 5.91 Å². The number of hydrogen-bond donors (Lipinski definition) is 0. The summed E-state index contributed by atoms with van der Waals surface area (Å²) in [6.45, 7) is 7.25. The number of rotatable bonds is 10. The maximum atomic E-state index is 13.0. The predicted octanol–water partition coefficient (Wildman–Crippen LogP) is 2.83. The molecule has 147 valence electrons. The van der Waals surface area contributed by atoms with Gasteiger partial charge in [0, 0.05) is 19.3 Å². The molecule has 7 nitrogen and oxygen atoms in total. The Morgan fingerprint density at radius 2 is 1.63 bits per heavy atom. The van der Waals surface area contributed by atoms with E-state index in [-0.39, 0.29) is 0 Å². The first-order valence-electron chi connectivity index (χ1n) is 8.91. The van der Waals surface area contributed by atoms with Crippen LogP contribution < -0.4 is 0 Å². The monoisotopic (exact) mass is 375 g/mol. The zero-order valence-corrected chi connectivity index (χ0v) is 16.3. The van der Waals surface area contributed by atoms with Crippen LogP contribution in [-0.2, 0) is 19.1 Å². The van der Waals surface area contributed by atoms with E-state index in [2.05, 4.69) is 0 Å². The summed E-state index contributed by atoms with van der Waals surface area (Å²) in [7, 11) is 0. The topological polar surface area (TPSA) is 76.2 Å². The molecule has 2 atom stereocenters. The largest absolute Gasteiger partial charge is 0.359 e. The van der Waals surface area contributed by atoms with Crippen molar-refractivity contribution >= 4 is 24.3 Å². The molecule has 0 heterocycles. The van der Waals surface area contributed by atoms with Gasteiger partial charge in [-0.2, -0.15) is 0 Å². The highest BCUT2D eigenvalue weighted by molar-refractivity contribution is 6.03. The number of carbonyl (C=O) groups is 2. The van der Waals surface area contributed by atoms with Gasteiger partial charge >= 0.3 is 6.03 Å². The van der Waals surface area contributed by atoms with Gasteiger partial charge in [0.1, 0.15) is 12.5 Å². The summed E-state index contributed by atoms with van der Waals surface area (Å²) in [6.07, 6.45) is 3.17. The van der Waals surface area contributed by atoms with E-state index in [4.69, 9.17) is 9.47 Å². The number of hydrogen-bond acceptors (Lipinski definition) is 5. The van der Waals surface area contributed by atoms with Crippen LogP contribution in [0.1, 0.15) is 33.3 Å². The third-order valence-electron chi connectivity index (χ3n) is 3.76. The molecular formula is C20H27N2O5. The third-order valence-corrected chi connectivity index (χ3v) is 3.76. The summed E-state index contributed by atoms with van der Waals surface area (Å²) in [5, 5.41) is 0. The van der Waals surface area contributed by atoms with Gasteiger partial charge in [-0.3, -0.25) is 19.4 Å². The van der Waals surface area contributed by atoms with Crippen molar-refractivity contribution in [1.82, 2.24) is 9.80 Å². The lowest BCUT2D eigenvalue weighted by molar-refractivity contribution is -0.130. The number of ether oxygens (including phenoxy) is 2. The first-order valence-corrected chi connectivity index (χ1v) is 8.91. The molecule has 0 aliphatic carbocycles. The molecule has 1 aromatic rings. The van der Waals surface area contributed by atoms with Gasteiger partial charge in [0.05, 0.1) is 6.54 Å². The molecule has 0 saturated heterocycles. The van der Waals surface area contributed by atoms with Crippen molar-refractivity contribution in [2.24, 2.45) is 0 Å². The molecule has 2 unspecified atom stereocenters. The van der Waals surface area contributed by atoms with Gasteiger partial charge in [-0.25, -0.2) is 4.79 Å². The summed E-state index contributed by atoms with van der Waals surface area (Å²) < 4.78 is 11.0. The molecule has 7 heteroatoms. The van der Waals surface area contributed by atoms with E-state index in [0.29, 0.717) is 13.2 Å². The van der Waals surface area contributed by atoms with E-state index in [0.717, 1.165) is 10.5 Å². The Labute approximate surface area is 160 Å². The zero-order valence-electron chi connectivity index (χ0n) is 16.3. The molecule has 0 aromatic heterocycles. The van der Waals surface area contributed by atoms with Crippen molar-refractivity contribution in [2.45, 2.75) is 40.2 Å². The van der Waals surface area contributed by atoms with E-state index in [1.165, 1.54) is 11.0 Å². The Morgan fingerprint density at radius 1 is 1.07 bits per heavy atom. The molecule has 0 fully saturated rings. The van der Waals surface area contributed by atoms with Crippen LogP contribution in [0, 0.1) is 0 Å². The van der Waals surface area contributed by atoms with E-state index in [1.54, 1.807) is 40.1 Å². The molecule has 0 spiro atoms. The second-order valence-corrected chi connectivity index (χ2v) is 5.61. The Hall–Kier alpha value is -2.51. The van der Waals surface area contributed by atoms with E-state index in [1.807, 2.05) is 30.3 Å². The molecule has 0 N–H and O–H groups in total. The van der Waals surface area contributed by atoms with Crippen molar-refractivity contribution in [3.63, 3.8) is 0 Å². The average Bonchev–Trinajstić information content (AvgIpc) is 2.65. The summed E-state index contributed by atoms with van der Waals surface area (Å²) in [5.41, 5.74) is 0.801. The van der Waals surface area contributed by atoms with Gasteiger partial charge in [0.15, 0.2) is 0 Å². The Balaban J connectivity index is 3.05. The number of benzene rings is 1. The minimum Gasteiger partial charge on any atom is -0.359 e. The number of amides is 3. The standard InChI is InChI=1S/C20H27N2O5/c1-5-26-16(3)22(17(4)27-6-2)20(25)21(14-15-23)19(24)13-12-18-10-8-7-9-11-18/h7-13,16-17H,5-6,14H2,1-4H3/b13-12+. The van der Waals surface area contributed by atoms with Crippen LogP contribution in [0.2, 0.25) is 0 Å². The normalized spacial score (nSPS) is 13.2. The molecule has 3 amide bonds. The number of carbonyl (C=O) groups excluding carboxylic acids is 3. The molecule has 1 radical (unpaired) electrons. The van der Waals surface area contributed by atoms with Gasteiger partial charge in [-0.15, -0.1) is 0 Å². The fourth-order valence-corrected chi connectivity index (χ4v) is 2.52. The fraction of sp³-hybridized carbons (Fsp3) is 0.450. The van der Waals surface area contributed by atoms with Crippen LogP contribution in [0.25, 0.3) is 6.08 Å². The predicted molar refractivity (Wildman–Crippen MR) is 102 cm³/mol. The Kier molecular flexibility index (Phi) is 10.00.